The fraction of sp³-hybridized carbons (Fsp3) is 0.588. The third-order valence-electron chi connectivity index (χ3n) is 4.40. The summed E-state index contributed by atoms with van der Waals surface area (Å²) in [5, 5.41) is 0. The van der Waals surface area contributed by atoms with Crippen molar-refractivity contribution < 1.29 is 9.18 Å². The van der Waals surface area contributed by atoms with Gasteiger partial charge in [0.2, 0.25) is 0 Å². The van der Waals surface area contributed by atoms with Gasteiger partial charge >= 0.3 is 0 Å². The van der Waals surface area contributed by atoms with E-state index in [0.717, 1.165) is 25.9 Å². The molecule has 0 aromatic heterocycles. The second-order valence-corrected chi connectivity index (χ2v) is 6.81. The number of benzene rings is 1. The zero-order valence-corrected chi connectivity index (χ0v) is 12.7. The highest BCUT2D eigenvalue weighted by Gasteiger charge is 2.27. The minimum absolute atomic E-state index is 0.288. The zero-order chi connectivity index (χ0) is 14.8. The molecule has 1 aliphatic heterocycles. The van der Waals surface area contributed by atoms with Crippen molar-refractivity contribution in [1.29, 1.82) is 0 Å². The molecule has 1 unspecified atom stereocenters. The summed E-state index contributed by atoms with van der Waals surface area (Å²) in [6.07, 6.45) is 4.08. The first kappa shape index (κ1) is 15.0. The van der Waals surface area contributed by atoms with Gasteiger partial charge < -0.3 is 4.90 Å². The van der Waals surface area contributed by atoms with Gasteiger partial charge in [-0.2, -0.15) is 0 Å². The number of nitrogens with zero attached hydrogens (tertiary/aromatic N) is 1. The van der Waals surface area contributed by atoms with E-state index in [9.17, 15) is 9.18 Å². The molecule has 0 saturated carbocycles. The molecule has 1 fully saturated rings. The summed E-state index contributed by atoms with van der Waals surface area (Å²) in [5.74, 6) is 0.397. The molecule has 0 radical (unpaired) electrons. The molecule has 0 aliphatic carbocycles. The fourth-order valence-electron chi connectivity index (χ4n) is 3.06. The summed E-state index contributed by atoms with van der Waals surface area (Å²) in [6.45, 7) is 8.63. The third kappa shape index (κ3) is 3.38. The highest BCUT2D eigenvalue weighted by atomic mass is 19.1. The smallest absolute Gasteiger partial charge is 0.150 e. The predicted molar refractivity (Wildman–Crippen MR) is 80.8 cm³/mol. The Hall–Kier alpha value is -1.38. The topological polar surface area (TPSA) is 20.3 Å². The molecule has 1 saturated heterocycles. The van der Waals surface area contributed by atoms with Gasteiger partial charge in [-0.3, -0.25) is 4.79 Å². The van der Waals surface area contributed by atoms with Crippen LogP contribution in [0.5, 0.6) is 0 Å². The van der Waals surface area contributed by atoms with Gasteiger partial charge in [-0.05, 0) is 48.8 Å². The maximum absolute atomic E-state index is 14.1. The van der Waals surface area contributed by atoms with Gasteiger partial charge in [0, 0.05) is 18.7 Å². The van der Waals surface area contributed by atoms with Crippen LogP contribution >= 0.6 is 0 Å². The van der Waals surface area contributed by atoms with E-state index < -0.39 is 0 Å². The van der Waals surface area contributed by atoms with Gasteiger partial charge in [-0.1, -0.05) is 20.8 Å². The summed E-state index contributed by atoms with van der Waals surface area (Å²) >= 11 is 0. The largest absolute Gasteiger partial charge is 0.369 e. The first-order chi connectivity index (χ1) is 9.41. The highest BCUT2D eigenvalue weighted by molar-refractivity contribution is 5.76. The molecule has 0 amide bonds. The maximum atomic E-state index is 14.1. The number of hydrogen-bond acceptors (Lipinski definition) is 2. The molecule has 1 heterocycles. The first-order valence-corrected chi connectivity index (χ1v) is 7.41. The Morgan fingerprint density at radius 3 is 2.60 bits per heavy atom. The van der Waals surface area contributed by atoms with Crippen molar-refractivity contribution in [1.82, 2.24) is 0 Å². The predicted octanol–water partition coefficient (Wildman–Crippen LogP) is 4.29. The van der Waals surface area contributed by atoms with E-state index in [1.165, 1.54) is 12.5 Å². The lowest BCUT2D eigenvalue weighted by Crippen LogP contribution is -2.26. The quantitative estimate of drug-likeness (QED) is 0.752. The molecular weight excluding hydrogens is 253 g/mol. The third-order valence-corrected chi connectivity index (χ3v) is 4.40. The summed E-state index contributed by atoms with van der Waals surface area (Å²) in [6, 6.07) is 4.75. The van der Waals surface area contributed by atoms with E-state index in [2.05, 4.69) is 25.7 Å². The molecule has 3 heteroatoms. The second-order valence-electron chi connectivity index (χ2n) is 6.81. The van der Waals surface area contributed by atoms with Crippen LogP contribution in [0.15, 0.2) is 18.2 Å². The van der Waals surface area contributed by atoms with Crippen molar-refractivity contribution in [2.24, 2.45) is 11.3 Å². The van der Waals surface area contributed by atoms with Crippen molar-refractivity contribution in [2.75, 3.05) is 18.0 Å². The van der Waals surface area contributed by atoms with Crippen molar-refractivity contribution in [2.45, 2.75) is 40.0 Å². The standard InChI is InChI=1S/C17H24FNO/c1-17(2,3)14-5-4-9-19(10-8-14)16-7-6-13(12-20)11-15(16)18/h6-7,11-12,14H,4-5,8-10H2,1-3H3. The fourth-order valence-corrected chi connectivity index (χ4v) is 3.06. The Labute approximate surface area is 121 Å². The molecule has 1 aromatic carbocycles. The van der Waals surface area contributed by atoms with Gasteiger partial charge in [0.05, 0.1) is 5.69 Å². The number of rotatable bonds is 2. The van der Waals surface area contributed by atoms with Crippen LogP contribution in [0.2, 0.25) is 0 Å². The molecular formula is C17H24FNO. The average Bonchev–Trinajstić information content (AvgIpc) is 2.63. The SMILES string of the molecule is CC(C)(C)C1CCCN(c2ccc(C=O)cc2F)CC1. The summed E-state index contributed by atoms with van der Waals surface area (Å²) in [7, 11) is 0. The second kappa shape index (κ2) is 5.94. The Morgan fingerprint density at radius 2 is 2.00 bits per heavy atom. The molecule has 2 rings (SSSR count). The van der Waals surface area contributed by atoms with E-state index in [1.807, 2.05) is 0 Å². The first-order valence-electron chi connectivity index (χ1n) is 7.41. The molecule has 2 nitrogen and oxygen atoms in total. The monoisotopic (exact) mass is 277 g/mol. The van der Waals surface area contributed by atoms with E-state index in [4.69, 9.17) is 0 Å². The van der Waals surface area contributed by atoms with E-state index in [0.29, 0.717) is 28.9 Å². The normalized spacial score (nSPS) is 20.6. The van der Waals surface area contributed by atoms with E-state index in [1.54, 1.807) is 12.1 Å². The molecule has 1 atom stereocenters. The number of carbonyl (C=O) groups excluding carboxylic acids is 1. The lowest BCUT2D eigenvalue weighted by atomic mass is 9.77. The Balaban J connectivity index is 2.13. The lowest BCUT2D eigenvalue weighted by Gasteiger charge is -2.30. The summed E-state index contributed by atoms with van der Waals surface area (Å²) < 4.78 is 14.1. The van der Waals surface area contributed by atoms with Crippen molar-refractivity contribution in [3.63, 3.8) is 0 Å². The van der Waals surface area contributed by atoms with Crippen LogP contribution < -0.4 is 4.90 Å². The molecule has 0 bridgehead atoms. The Bertz CT molecular complexity index is 478. The van der Waals surface area contributed by atoms with Gasteiger partial charge in [0.25, 0.3) is 0 Å². The zero-order valence-electron chi connectivity index (χ0n) is 12.7. The van der Waals surface area contributed by atoms with Gasteiger partial charge in [0.15, 0.2) is 0 Å². The Morgan fingerprint density at radius 1 is 1.25 bits per heavy atom. The number of anilines is 1. The minimum atomic E-state index is -0.288. The van der Waals surface area contributed by atoms with Crippen LogP contribution in [0, 0.1) is 17.2 Å². The minimum Gasteiger partial charge on any atom is -0.369 e. The van der Waals surface area contributed by atoms with Crippen LogP contribution in [0.1, 0.15) is 50.4 Å². The summed E-state index contributed by atoms with van der Waals surface area (Å²) in [4.78, 5) is 12.8. The van der Waals surface area contributed by atoms with Crippen molar-refractivity contribution in [3.8, 4) is 0 Å². The van der Waals surface area contributed by atoms with Gasteiger partial charge in [-0.25, -0.2) is 4.39 Å². The number of carbonyl (C=O) groups is 1. The van der Waals surface area contributed by atoms with Crippen LogP contribution in [-0.2, 0) is 0 Å². The highest BCUT2D eigenvalue weighted by Crippen LogP contribution is 2.35. The molecule has 0 N–H and O–H groups in total. The molecule has 110 valence electrons. The number of halogens is 1. The van der Waals surface area contributed by atoms with Crippen LogP contribution in [0.25, 0.3) is 0 Å². The van der Waals surface area contributed by atoms with Crippen LogP contribution in [0.3, 0.4) is 0 Å². The number of aldehydes is 1. The van der Waals surface area contributed by atoms with Crippen LogP contribution in [-0.4, -0.2) is 19.4 Å². The molecule has 1 aliphatic rings. The van der Waals surface area contributed by atoms with E-state index >= 15 is 0 Å². The van der Waals surface area contributed by atoms with Crippen molar-refractivity contribution in [3.05, 3.63) is 29.6 Å². The van der Waals surface area contributed by atoms with Crippen LogP contribution in [0.4, 0.5) is 10.1 Å². The maximum Gasteiger partial charge on any atom is 0.150 e. The average molecular weight is 277 g/mol. The van der Waals surface area contributed by atoms with E-state index in [-0.39, 0.29) is 5.82 Å². The number of hydrogen-bond donors (Lipinski definition) is 0. The molecule has 0 spiro atoms. The van der Waals surface area contributed by atoms with Crippen molar-refractivity contribution >= 4 is 12.0 Å². The summed E-state index contributed by atoms with van der Waals surface area (Å²) in [5.41, 5.74) is 1.34. The lowest BCUT2D eigenvalue weighted by molar-refractivity contribution is 0.112. The molecule has 20 heavy (non-hydrogen) atoms. The Kier molecular flexibility index (Phi) is 4.46. The van der Waals surface area contributed by atoms with Gasteiger partial charge in [0.1, 0.15) is 12.1 Å². The molecule has 1 aromatic rings. The van der Waals surface area contributed by atoms with Gasteiger partial charge in [-0.15, -0.1) is 0 Å².